The fourth-order valence-electron chi connectivity index (χ4n) is 3.41. The molecule has 4 heteroatoms. The highest BCUT2D eigenvalue weighted by molar-refractivity contribution is 9.10. The van der Waals surface area contributed by atoms with Crippen LogP contribution in [0, 0.1) is 11.2 Å². The van der Waals surface area contributed by atoms with Gasteiger partial charge in [-0.2, -0.15) is 0 Å². The average molecular weight is 329 g/mol. The van der Waals surface area contributed by atoms with Crippen molar-refractivity contribution in [2.75, 3.05) is 0 Å². The largest absolute Gasteiger partial charge is 0.271 e. The first-order valence-electron chi connectivity index (χ1n) is 7.02. The molecule has 0 spiro atoms. The molecule has 19 heavy (non-hydrogen) atoms. The summed E-state index contributed by atoms with van der Waals surface area (Å²) >= 11 is 3.34. The Morgan fingerprint density at radius 3 is 2.68 bits per heavy atom. The van der Waals surface area contributed by atoms with Crippen LogP contribution in [0.5, 0.6) is 0 Å². The van der Waals surface area contributed by atoms with Crippen LogP contribution < -0.4 is 11.3 Å². The number of nitrogens with two attached hydrogens (primary N) is 1. The molecule has 0 saturated heterocycles. The van der Waals surface area contributed by atoms with Crippen molar-refractivity contribution in [1.82, 2.24) is 5.43 Å². The lowest BCUT2D eigenvalue weighted by Crippen LogP contribution is -2.48. The van der Waals surface area contributed by atoms with E-state index in [0.717, 1.165) is 18.4 Å². The molecule has 0 aromatic heterocycles. The van der Waals surface area contributed by atoms with E-state index >= 15 is 0 Å². The third kappa shape index (κ3) is 3.01. The second-order valence-electron chi connectivity index (χ2n) is 5.56. The van der Waals surface area contributed by atoms with E-state index in [1.54, 1.807) is 6.07 Å². The second-order valence-corrected chi connectivity index (χ2v) is 6.35. The summed E-state index contributed by atoms with van der Waals surface area (Å²) in [7, 11) is 0. The SMILES string of the molecule is CCC1(C(Cc2cccc(F)c2Br)NN)CCCC1. The first-order valence-corrected chi connectivity index (χ1v) is 7.81. The lowest BCUT2D eigenvalue weighted by molar-refractivity contribution is 0.185. The minimum Gasteiger partial charge on any atom is -0.271 e. The third-order valence-electron chi connectivity index (χ3n) is 4.70. The minimum atomic E-state index is -0.203. The maximum absolute atomic E-state index is 13.6. The van der Waals surface area contributed by atoms with Crippen molar-refractivity contribution in [3.8, 4) is 0 Å². The summed E-state index contributed by atoms with van der Waals surface area (Å²) in [5.74, 6) is 5.59. The normalized spacial score (nSPS) is 19.6. The summed E-state index contributed by atoms with van der Waals surface area (Å²) in [6.07, 6.45) is 6.86. The van der Waals surface area contributed by atoms with E-state index in [9.17, 15) is 4.39 Å². The third-order valence-corrected chi connectivity index (χ3v) is 5.59. The van der Waals surface area contributed by atoms with Crippen LogP contribution in [-0.2, 0) is 6.42 Å². The number of nitrogens with one attached hydrogen (secondary N) is 1. The molecule has 3 N–H and O–H groups in total. The van der Waals surface area contributed by atoms with Gasteiger partial charge in [-0.3, -0.25) is 11.3 Å². The highest BCUT2D eigenvalue weighted by atomic mass is 79.9. The van der Waals surface area contributed by atoms with Crippen LogP contribution in [0.2, 0.25) is 0 Å². The van der Waals surface area contributed by atoms with Gasteiger partial charge >= 0.3 is 0 Å². The molecule has 0 heterocycles. The Bertz CT molecular complexity index is 430. The Hall–Kier alpha value is -0.450. The summed E-state index contributed by atoms with van der Waals surface area (Å²) < 4.78 is 14.2. The van der Waals surface area contributed by atoms with Crippen LogP contribution in [0.15, 0.2) is 22.7 Å². The molecule has 1 aromatic carbocycles. The van der Waals surface area contributed by atoms with Crippen molar-refractivity contribution < 1.29 is 4.39 Å². The van der Waals surface area contributed by atoms with Crippen LogP contribution in [0.4, 0.5) is 4.39 Å². The molecule has 0 radical (unpaired) electrons. The summed E-state index contributed by atoms with van der Waals surface area (Å²) in [4.78, 5) is 0. The average Bonchev–Trinajstić information content (AvgIpc) is 2.90. The van der Waals surface area contributed by atoms with Crippen LogP contribution in [0.1, 0.15) is 44.6 Å². The molecule has 0 amide bonds. The van der Waals surface area contributed by atoms with E-state index < -0.39 is 0 Å². The van der Waals surface area contributed by atoms with E-state index in [4.69, 9.17) is 5.84 Å². The van der Waals surface area contributed by atoms with Crippen molar-refractivity contribution in [1.29, 1.82) is 0 Å². The number of benzene rings is 1. The van der Waals surface area contributed by atoms with Gasteiger partial charge in [-0.05, 0) is 58.7 Å². The first-order chi connectivity index (χ1) is 9.13. The molecular weight excluding hydrogens is 307 g/mol. The monoisotopic (exact) mass is 328 g/mol. The van der Waals surface area contributed by atoms with Crippen LogP contribution >= 0.6 is 15.9 Å². The molecule has 2 nitrogen and oxygen atoms in total. The zero-order valence-electron chi connectivity index (χ0n) is 11.4. The number of halogens is 2. The minimum absolute atomic E-state index is 0.203. The van der Waals surface area contributed by atoms with E-state index in [0.29, 0.717) is 4.47 Å². The van der Waals surface area contributed by atoms with E-state index in [-0.39, 0.29) is 17.3 Å². The van der Waals surface area contributed by atoms with E-state index in [1.807, 2.05) is 6.07 Å². The van der Waals surface area contributed by atoms with Gasteiger partial charge in [0.2, 0.25) is 0 Å². The second kappa shape index (κ2) is 6.33. The van der Waals surface area contributed by atoms with Gasteiger partial charge in [-0.15, -0.1) is 0 Å². The summed E-state index contributed by atoms with van der Waals surface area (Å²) in [5.41, 5.74) is 4.24. The predicted octanol–water partition coefficient (Wildman–Crippen LogP) is 3.93. The van der Waals surface area contributed by atoms with Gasteiger partial charge in [0.1, 0.15) is 5.82 Å². The Labute approximate surface area is 123 Å². The number of hydrogen-bond acceptors (Lipinski definition) is 2. The molecule has 0 aliphatic heterocycles. The molecule has 106 valence electrons. The maximum atomic E-state index is 13.6. The van der Waals surface area contributed by atoms with Gasteiger partial charge < -0.3 is 0 Å². The van der Waals surface area contributed by atoms with Crippen molar-refractivity contribution in [3.05, 3.63) is 34.1 Å². The number of hydrogen-bond donors (Lipinski definition) is 2. The Morgan fingerprint density at radius 1 is 1.42 bits per heavy atom. The van der Waals surface area contributed by atoms with Crippen molar-refractivity contribution in [3.63, 3.8) is 0 Å². The molecule has 1 saturated carbocycles. The lowest BCUT2D eigenvalue weighted by Gasteiger charge is -2.37. The van der Waals surface area contributed by atoms with E-state index in [1.165, 1.54) is 31.7 Å². The lowest BCUT2D eigenvalue weighted by atomic mass is 9.74. The van der Waals surface area contributed by atoms with E-state index in [2.05, 4.69) is 28.3 Å². The number of hydrazine groups is 1. The fraction of sp³-hybridized carbons (Fsp3) is 0.600. The molecule has 1 unspecified atom stereocenters. The van der Waals surface area contributed by atoms with Crippen molar-refractivity contribution in [2.24, 2.45) is 11.3 Å². The van der Waals surface area contributed by atoms with Gasteiger partial charge in [-0.25, -0.2) is 4.39 Å². The van der Waals surface area contributed by atoms with Crippen molar-refractivity contribution >= 4 is 15.9 Å². The van der Waals surface area contributed by atoms with Gasteiger partial charge in [0.25, 0.3) is 0 Å². The summed E-state index contributed by atoms with van der Waals surface area (Å²) in [6.45, 7) is 2.23. The maximum Gasteiger partial charge on any atom is 0.137 e. The van der Waals surface area contributed by atoms with Crippen LogP contribution in [0.25, 0.3) is 0 Å². The molecular formula is C15H22BrFN2. The summed E-state index contributed by atoms with van der Waals surface area (Å²) in [6, 6.07) is 5.41. The molecule has 1 aliphatic carbocycles. The predicted molar refractivity (Wildman–Crippen MR) is 80.1 cm³/mol. The summed E-state index contributed by atoms with van der Waals surface area (Å²) in [5, 5.41) is 0. The van der Waals surface area contributed by atoms with Gasteiger partial charge in [0, 0.05) is 6.04 Å². The molecule has 0 bridgehead atoms. The first kappa shape index (κ1) is 14.9. The number of rotatable bonds is 5. The highest BCUT2D eigenvalue weighted by Gasteiger charge is 2.39. The van der Waals surface area contributed by atoms with Crippen LogP contribution in [0.3, 0.4) is 0 Å². The topological polar surface area (TPSA) is 38.0 Å². The molecule has 2 rings (SSSR count). The molecule has 1 atom stereocenters. The smallest absolute Gasteiger partial charge is 0.137 e. The van der Waals surface area contributed by atoms with Gasteiger partial charge in [-0.1, -0.05) is 31.9 Å². The molecule has 1 aliphatic rings. The zero-order chi connectivity index (χ0) is 13.9. The van der Waals surface area contributed by atoms with Crippen molar-refractivity contribution in [2.45, 2.75) is 51.5 Å². The Morgan fingerprint density at radius 2 is 2.11 bits per heavy atom. The van der Waals surface area contributed by atoms with Gasteiger partial charge in [0.15, 0.2) is 0 Å². The van der Waals surface area contributed by atoms with Gasteiger partial charge in [0.05, 0.1) is 4.47 Å². The standard InChI is InChI=1S/C15H22BrFN2/c1-2-15(8-3-4-9-15)13(19-18)10-11-6-5-7-12(17)14(11)16/h5-7,13,19H,2-4,8-10,18H2,1H3. The highest BCUT2D eigenvalue weighted by Crippen LogP contribution is 2.44. The molecule has 1 aromatic rings. The molecule has 1 fully saturated rings. The Kier molecular flexibility index (Phi) is 4.98. The fourth-order valence-corrected chi connectivity index (χ4v) is 3.83. The van der Waals surface area contributed by atoms with Crippen LogP contribution in [-0.4, -0.2) is 6.04 Å². The quantitative estimate of drug-likeness (QED) is 0.634. The zero-order valence-corrected chi connectivity index (χ0v) is 13.0. The Balaban J connectivity index is 2.21.